The van der Waals surface area contributed by atoms with Crippen LogP contribution in [0.15, 0.2) is 93.5 Å². The van der Waals surface area contributed by atoms with Crippen LogP contribution in [-0.4, -0.2) is 31.7 Å². The summed E-state index contributed by atoms with van der Waals surface area (Å²) < 4.78 is 26.8. The van der Waals surface area contributed by atoms with Gasteiger partial charge in [-0.2, -0.15) is 4.31 Å². The Kier molecular flexibility index (Phi) is 6.22. The molecule has 3 aromatic rings. The van der Waals surface area contributed by atoms with Gasteiger partial charge in [-0.25, -0.2) is 8.42 Å². The van der Waals surface area contributed by atoms with E-state index in [2.05, 4.69) is 5.32 Å². The van der Waals surface area contributed by atoms with Gasteiger partial charge in [0.25, 0.3) is 5.91 Å². The Hall–Kier alpha value is -2.61. The van der Waals surface area contributed by atoms with Gasteiger partial charge in [0.15, 0.2) is 0 Å². The predicted octanol–water partition coefficient (Wildman–Crippen LogP) is 4.87. The molecule has 0 bridgehead atoms. The highest BCUT2D eigenvalue weighted by Crippen LogP contribution is 2.33. The number of carbonyl (C=O) groups excluding carboxylic acids is 1. The fraction of sp³-hybridized carbons (Fsp3) is 0.174. The third-order valence-electron chi connectivity index (χ3n) is 4.93. The summed E-state index contributed by atoms with van der Waals surface area (Å²) >= 11 is 1.57. The molecule has 0 radical (unpaired) electrons. The number of sulfonamides is 1. The van der Waals surface area contributed by atoms with Crippen LogP contribution in [0.25, 0.3) is 0 Å². The second kappa shape index (κ2) is 9.04. The Morgan fingerprint density at radius 2 is 1.47 bits per heavy atom. The maximum Gasteiger partial charge on any atom is 0.255 e. The fourth-order valence-electron chi connectivity index (χ4n) is 3.32. The standard InChI is InChI=1S/C23H22N2O3S2/c26-23(18-12-14-20(15-13-18)30(27,28)25-16-6-7-17-25)24-21-10-4-5-11-22(21)29-19-8-2-1-3-9-19/h1-5,8-15H,6-7,16-17H2,(H,24,26). The molecule has 1 saturated heterocycles. The van der Waals surface area contributed by atoms with Gasteiger partial charge < -0.3 is 5.32 Å². The molecule has 0 atom stereocenters. The Morgan fingerprint density at radius 1 is 0.833 bits per heavy atom. The van der Waals surface area contributed by atoms with Crippen LogP contribution in [0.1, 0.15) is 23.2 Å². The summed E-state index contributed by atoms with van der Waals surface area (Å²) in [5, 5.41) is 2.94. The first-order chi connectivity index (χ1) is 14.5. The van der Waals surface area contributed by atoms with Crippen LogP contribution in [0.5, 0.6) is 0 Å². The summed E-state index contributed by atoms with van der Waals surface area (Å²) in [6.07, 6.45) is 1.78. The van der Waals surface area contributed by atoms with Crippen molar-refractivity contribution in [1.29, 1.82) is 0 Å². The van der Waals surface area contributed by atoms with Crippen molar-refractivity contribution in [3.05, 3.63) is 84.4 Å². The van der Waals surface area contributed by atoms with Gasteiger partial charge >= 0.3 is 0 Å². The summed E-state index contributed by atoms with van der Waals surface area (Å²) in [4.78, 5) is 15.0. The van der Waals surface area contributed by atoms with E-state index in [1.807, 2.05) is 54.6 Å². The summed E-state index contributed by atoms with van der Waals surface area (Å²) in [5.41, 5.74) is 1.13. The molecule has 1 aliphatic rings. The summed E-state index contributed by atoms with van der Waals surface area (Å²) in [7, 11) is -3.48. The highest BCUT2D eigenvalue weighted by atomic mass is 32.2. The molecule has 0 spiro atoms. The predicted molar refractivity (Wildman–Crippen MR) is 119 cm³/mol. The molecule has 1 N–H and O–H groups in total. The van der Waals surface area contributed by atoms with Crippen molar-refractivity contribution in [3.63, 3.8) is 0 Å². The lowest BCUT2D eigenvalue weighted by Gasteiger charge is -2.15. The Bertz CT molecular complexity index is 1120. The molecule has 1 amide bonds. The molecular formula is C23H22N2O3S2. The van der Waals surface area contributed by atoms with E-state index in [-0.39, 0.29) is 10.8 Å². The SMILES string of the molecule is O=C(Nc1ccccc1Sc1ccccc1)c1ccc(S(=O)(=O)N2CCCC2)cc1. The molecule has 0 aromatic heterocycles. The largest absolute Gasteiger partial charge is 0.321 e. The number of nitrogens with one attached hydrogen (secondary N) is 1. The number of nitrogens with zero attached hydrogens (tertiary/aromatic N) is 1. The zero-order valence-electron chi connectivity index (χ0n) is 16.3. The van der Waals surface area contributed by atoms with Crippen molar-refractivity contribution in [3.8, 4) is 0 Å². The van der Waals surface area contributed by atoms with Crippen LogP contribution in [0.2, 0.25) is 0 Å². The summed E-state index contributed by atoms with van der Waals surface area (Å²) in [5.74, 6) is -0.277. The first-order valence-electron chi connectivity index (χ1n) is 9.77. The number of para-hydroxylation sites is 1. The molecule has 5 nitrogen and oxygen atoms in total. The van der Waals surface area contributed by atoms with Gasteiger partial charge in [-0.1, -0.05) is 42.1 Å². The van der Waals surface area contributed by atoms with Crippen molar-refractivity contribution >= 4 is 33.4 Å². The van der Waals surface area contributed by atoms with Crippen molar-refractivity contribution in [2.75, 3.05) is 18.4 Å². The average Bonchev–Trinajstić information content (AvgIpc) is 3.32. The Balaban J connectivity index is 1.49. The summed E-state index contributed by atoms with van der Waals surface area (Å²) in [6.45, 7) is 1.11. The number of rotatable bonds is 6. The third-order valence-corrected chi connectivity index (χ3v) is 7.92. The van der Waals surface area contributed by atoms with E-state index in [0.717, 1.165) is 22.6 Å². The number of carbonyl (C=O) groups is 1. The molecule has 0 aliphatic carbocycles. The van der Waals surface area contributed by atoms with Crippen LogP contribution >= 0.6 is 11.8 Å². The molecule has 1 fully saturated rings. The smallest absolute Gasteiger partial charge is 0.255 e. The van der Waals surface area contributed by atoms with Crippen LogP contribution in [-0.2, 0) is 10.0 Å². The Labute approximate surface area is 181 Å². The summed E-state index contributed by atoms with van der Waals surface area (Å²) in [6, 6.07) is 23.7. The van der Waals surface area contributed by atoms with E-state index in [4.69, 9.17) is 0 Å². The van der Waals surface area contributed by atoms with Gasteiger partial charge in [0.1, 0.15) is 0 Å². The number of benzene rings is 3. The normalized spacial score (nSPS) is 14.5. The molecule has 1 aliphatic heterocycles. The van der Waals surface area contributed by atoms with Crippen molar-refractivity contribution < 1.29 is 13.2 Å². The number of amides is 1. The molecule has 0 saturated carbocycles. The van der Waals surface area contributed by atoms with E-state index in [9.17, 15) is 13.2 Å². The fourth-order valence-corrected chi connectivity index (χ4v) is 5.76. The quantitative estimate of drug-likeness (QED) is 0.596. The lowest BCUT2D eigenvalue weighted by atomic mass is 10.2. The van der Waals surface area contributed by atoms with E-state index in [1.165, 1.54) is 16.4 Å². The van der Waals surface area contributed by atoms with Crippen LogP contribution < -0.4 is 5.32 Å². The minimum Gasteiger partial charge on any atom is -0.321 e. The molecule has 30 heavy (non-hydrogen) atoms. The molecule has 4 rings (SSSR count). The zero-order chi connectivity index (χ0) is 21.0. The minimum absolute atomic E-state index is 0.223. The van der Waals surface area contributed by atoms with Crippen molar-refractivity contribution in [2.24, 2.45) is 0 Å². The van der Waals surface area contributed by atoms with Crippen molar-refractivity contribution in [2.45, 2.75) is 27.5 Å². The lowest BCUT2D eigenvalue weighted by molar-refractivity contribution is 0.102. The van der Waals surface area contributed by atoms with E-state index >= 15 is 0 Å². The number of hydrogen-bond acceptors (Lipinski definition) is 4. The maximum atomic E-state index is 12.8. The Morgan fingerprint density at radius 3 is 2.17 bits per heavy atom. The molecule has 154 valence electrons. The van der Waals surface area contributed by atoms with E-state index in [0.29, 0.717) is 24.3 Å². The first-order valence-corrected chi connectivity index (χ1v) is 12.0. The minimum atomic E-state index is -3.48. The van der Waals surface area contributed by atoms with Gasteiger partial charge in [-0.05, 0) is 61.4 Å². The molecule has 1 heterocycles. The number of anilines is 1. The second-order valence-corrected chi connectivity index (χ2v) is 10.1. The van der Waals surface area contributed by atoms with Gasteiger partial charge in [-0.15, -0.1) is 0 Å². The molecule has 3 aromatic carbocycles. The second-order valence-electron chi connectivity index (χ2n) is 7.00. The highest BCUT2D eigenvalue weighted by Gasteiger charge is 2.27. The van der Waals surface area contributed by atoms with Crippen LogP contribution in [0.4, 0.5) is 5.69 Å². The molecular weight excluding hydrogens is 416 g/mol. The average molecular weight is 439 g/mol. The highest BCUT2D eigenvalue weighted by molar-refractivity contribution is 7.99. The van der Waals surface area contributed by atoms with Crippen LogP contribution in [0, 0.1) is 0 Å². The van der Waals surface area contributed by atoms with Crippen LogP contribution in [0.3, 0.4) is 0 Å². The maximum absolute atomic E-state index is 12.8. The zero-order valence-corrected chi connectivity index (χ0v) is 18.0. The number of hydrogen-bond donors (Lipinski definition) is 1. The molecule has 0 unspecified atom stereocenters. The topological polar surface area (TPSA) is 66.5 Å². The van der Waals surface area contributed by atoms with E-state index < -0.39 is 10.0 Å². The van der Waals surface area contributed by atoms with Crippen molar-refractivity contribution in [1.82, 2.24) is 4.31 Å². The lowest BCUT2D eigenvalue weighted by Crippen LogP contribution is -2.27. The monoisotopic (exact) mass is 438 g/mol. The van der Waals surface area contributed by atoms with Gasteiger partial charge in [0, 0.05) is 28.4 Å². The van der Waals surface area contributed by atoms with Gasteiger partial charge in [-0.3, -0.25) is 4.79 Å². The van der Waals surface area contributed by atoms with Gasteiger partial charge in [0.05, 0.1) is 10.6 Å². The molecule has 7 heteroatoms. The first kappa shape index (κ1) is 20.7. The van der Waals surface area contributed by atoms with E-state index in [1.54, 1.807) is 23.9 Å². The third kappa shape index (κ3) is 4.59. The van der Waals surface area contributed by atoms with Gasteiger partial charge in [0.2, 0.25) is 10.0 Å².